The zero-order chi connectivity index (χ0) is 13.1. The first kappa shape index (κ1) is 12.5. The van der Waals surface area contributed by atoms with Gasteiger partial charge in [0.15, 0.2) is 5.13 Å². The number of carboxylic acids is 1. The molecule has 0 amide bonds. The highest BCUT2D eigenvalue weighted by atomic mass is 32.1. The van der Waals surface area contributed by atoms with E-state index in [0.29, 0.717) is 10.8 Å². The largest absolute Gasteiger partial charge is 0.480 e. The SMILES string of the molecule is CCn1cc(Nc2nc(C(N)C(=O)O)cs2)cn1. The van der Waals surface area contributed by atoms with E-state index in [9.17, 15) is 4.79 Å². The van der Waals surface area contributed by atoms with Gasteiger partial charge in [-0.2, -0.15) is 5.10 Å². The summed E-state index contributed by atoms with van der Waals surface area (Å²) in [6, 6.07) is -1.09. The Morgan fingerprint density at radius 3 is 3.11 bits per heavy atom. The molecule has 8 heteroatoms. The highest BCUT2D eigenvalue weighted by molar-refractivity contribution is 7.13. The minimum absolute atomic E-state index is 0.345. The van der Waals surface area contributed by atoms with Crippen molar-refractivity contribution in [3.05, 3.63) is 23.5 Å². The Balaban J connectivity index is 2.08. The number of aliphatic carboxylic acids is 1. The summed E-state index contributed by atoms with van der Waals surface area (Å²) in [5.41, 5.74) is 6.62. The molecule has 96 valence electrons. The Morgan fingerprint density at radius 2 is 2.50 bits per heavy atom. The number of hydrogen-bond donors (Lipinski definition) is 3. The lowest BCUT2D eigenvalue weighted by Gasteiger charge is -2.01. The molecule has 2 aromatic rings. The smallest absolute Gasteiger partial charge is 0.326 e. The van der Waals surface area contributed by atoms with E-state index in [0.717, 1.165) is 12.2 Å². The van der Waals surface area contributed by atoms with Gasteiger partial charge in [-0.25, -0.2) is 4.98 Å². The molecule has 1 unspecified atom stereocenters. The zero-order valence-corrected chi connectivity index (χ0v) is 10.5. The molecule has 2 heterocycles. The molecule has 0 fully saturated rings. The van der Waals surface area contributed by atoms with Crippen LogP contribution in [0.15, 0.2) is 17.8 Å². The lowest BCUT2D eigenvalue weighted by molar-refractivity contribution is -0.138. The molecule has 0 saturated carbocycles. The van der Waals surface area contributed by atoms with Crippen LogP contribution in [0.25, 0.3) is 0 Å². The van der Waals surface area contributed by atoms with Crippen molar-refractivity contribution in [3.8, 4) is 0 Å². The molecule has 0 spiro atoms. The number of aromatic nitrogens is 3. The van der Waals surface area contributed by atoms with Crippen LogP contribution in [0.5, 0.6) is 0 Å². The third-order valence-electron chi connectivity index (χ3n) is 2.32. The number of aryl methyl sites for hydroxylation is 1. The molecule has 2 rings (SSSR count). The van der Waals surface area contributed by atoms with Gasteiger partial charge in [0.05, 0.1) is 17.6 Å². The van der Waals surface area contributed by atoms with Crippen LogP contribution in [0, 0.1) is 0 Å². The van der Waals surface area contributed by atoms with E-state index in [1.54, 1.807) is 16.3 Å². The number of anilines is 2. The van der Waals surface area contributed by atoms with E-state index in [4.69, 9.17) is 10.8 Å². The van der Waals surface area contributed by atoms with Gasteiger partial charge in [-0.1, -0.05) is 0 Å². The summed E-state index contributed by atoms with van der Waals surface area (Å²) in [6.07, 6.45) is 3.53. The molecule has 7 nitrogen and oxygen atoms in total. The molecular formula is C10H13N5O2S. The highest BCUT2D eigenvalue weighted by Crippen LogP contribution is 2.23. The minimum Gasteiger partial charge on any atom is -0.480 e. The average Bonchev–Trinajstić information content (AvgIpc) is 2.97. The molecule has 0 saturated heterocycles. The Bertz CT molecular complexity index is 550. The number of carboxylic acid groups (broad SMARTS) is 1. The van der Waals surface area contributed by atoms with Gasteiger partial charge in [-0.15, -0.1) is 11.3 Å². The molecule has 2 aromatic heterocycles. The maximum Gasteiger partial charge on any atom is 0.326 e. The molecule has 18 heavy (non-hydrogen) atoms. The normalized spacial score (nSPS) is 12.3. The third-order valence-corrected chi connectivity index (χ3v) is 3.09. The molecule has 0 aliphatic carbocycles. The van der Waals surface area contributed by atoms with Crippen LogP contribution in [0.1, 0.15) is 18.7 Å². The number of rotatable bonds is 5. The maximum absolute atomic E-state index is 10.7. The monoisotopic (exact) mass is 267 g/mol. The molecule has 0 bridgehead atoms. The summed E-state index contributed by atoms with van der Waals surface area (Å²) in [4.78, 5) is 14.8. The fraction of sp³-hybridized carbons (Fsp3) is 0.300. The van der Waals surface area contributed by atoms with Gasteiger partial charge in [-0.05, 0) is 6.92 Å². The molecule has 0 aromatic carbocycles. The standard InChI is InChI=1S/C10H13N5O2S/c1-2-15-4-6(3-12-15)13-10-14-7(5-18-10)8(11)9(16)17/h3-5,8H,2,11H2,1H3,(H,13,14)(H,16,17). The molecule has 0 radical (unpaired) electrons. The summed E-state index contributed by atoms with van der Waals surface area (Å²) in [5, 5.41) is 18.2. The van der Waals surface area contributed by atoms with Crippen LogP contribution in [0.3, 0.4) is 0 Å². The van der Waals surface area contributed by atoms with Gasteiger partial charge >= 0.3 is 5.97 Å². The van der Waals surface area contributed by atoms with Gasteiger partial charge in [0.1, 0.15) is 6.04 Å². The van der Waals surface area contributed by atoms with Crippen LogP contribution in [-0.2, 0) is 11.3 Å². The predicted octanol–water partition coefficient (Wildman–Crippen LogP) is 1.19. The van der Waals surface area contributed by atoms with Crippen molar-refractivity contribution in [2.75, 3.05) is 5.32 Å². The summed E-state index contributed by atoms with van der Waals surface area (Å²) < 4.78 is 1.78. The first-order valence-corrected chi connectivity index (χ1v) is 6.21. The fourth-order valence-corrected chi connectivity index (χ4v) is 2.10. The first-order valence-electron chi connectivity index (χ1n) is 5.33. The number of nitrogens with two attached hydrogens (primary N) is 1. The molecule has 0 aliphatic heterocycles. The average molecular weight is 267 g/mol. The summed E-state index contributed by atoms with van der Waals surface area (Å²) in [6.45, 7) is 2.78. The Hall–Kier alpha value is -1.93. The Kier molecular flexibility index (Phi) is 3.58. The van der Waals surface area contributed by atoms with E-state index in [1.165, 1.54) is 11.3 Å². The van der Waals surface area contributed by atoms with E-state index >= 15 is 0 Å². The van der Waals surface area contributed by atoms with Crippen LogP contribution >= 0.6 is 11.3 Å². The molecule has 4 N–H and O–H groups in total. The van der Waals surface area contributed by atoms with Gasteiger partial charge in [0, 0.05) is 18.1 Å². The summed E-state index contributed by atoms with van der Waals surface area (Å²) in [7, 11) is 0. The van der Waals surface area contributed by atoms with Crippen LogP contribution in [-0.4, -0.2) is 25.8 Å². The Labute approximate surface area is 107 Å². The van der Waals surface area contributed by atoms with E-state index < -0.39 is 12.0 Å². The molecule has 0 aliphatic rings. The second kappa shape index (κ2) is 5.15. The second-order valence-corrected chi connectivity index (χ2v) is 4.46. The number of thiazole rings is 1. The van der Waals surface area contributed by atoms with E-state index in [-0.39, 0.29) is 0 Å². The third kappa shape index (κ3) is 2.66. The lowest BCUT2D eigenvalue weighted by Crippen LogP contribution is -2.20. The zero-order valence-electron chi connectivity index (χ0n) is 9.70. The van der Waals surface area contributed by atoms with Crippen molar-refractivity contribution in [2.24, 2.45) is 5.73 Å². The van der Waals surface area contributed by atoms with Crippen molar-refractivity contribution in [2.45, 2.75) is 19.5 Å². The number of carbonyl (C=O) groups is 1. The van der Waals surface area contributed by atoms with Crippen molar-refractivity contribution in [1.82, 2.24) is 14.8 Å². The van der Waals surface area contributed by atoms with Gasteiger partial charge < -0.3 is 16.2 Å². The fourth-order valence-electron chi connectivity index (χ4n) is 1.34. The van der Waals surface area contributed by atoms with Crippen LogP contribution in [0.2, 0.25) is 0 Å². The predicted molar refractivity (Wildman–Crippen MR) is 67.9 cm³/mol. The van der Waals surface area contributed by atoms with Crippen molar-refractivity contribution < 1.29 is 9.90 Å². The van der Waals surface area contributed by atoms with Crippen LogP contribution < -0.4 is 11.1 Å². The van der Waals surface area contributed by atoms with Crippen molar-refractivity contribution >= 4 is 28.1 Å². The quantitative estimate of drug-likeness (QED) is 0.751. The van der Waals surface area contributed by atoms with Crippen molar-refractivity contribution in [1.29, 1.82) is 0 Å². The molecular weight excluding hydrogens is 254 g/mol. The van der Waals surface area contributed by atoms with Gasteiger partial charge in [0.2, 0.25) is 0 Å². The Morgan fingerprint density at radius 1 is 1.72 bits per heavy atom. The van der Waals surface area contributed by atoms with Crippen molar-refractivity contribution in [3.63, 3.8) is 0 Å². The minimum atomic E-state index is -1.09. The maximum atomic E-state index is 10.7. The van der Waals surface area contributed by atoms with Crippen LogP contribution in [0.4, 0.5) is 10.8 Å². The summed E-state index contributed by atoms with van der Waals surface area (Å²) in [5.74, 6) is -1.09. The lowest BCUT2D eigenvalue weighted by atomic mass is 10.2. The second-order valence-electron chi connectivity index (χ2n) is 3.60. The van der Waals surface area contributed by atoms with Gasteiger partial charge in [0.25, 0.3) is 0 Å². The number of hydrogen-bond acceptors (Lipinski definition) is 6. The first-order chi connectivity index (χ1) is 8.60. The highest BCUT2D eigenvalue weighted by Gasteiger charge is 2.17. The molecule has 1 atom stereocenters. The van der Waals surface area contributed by atoms with Gasteiger partial charge in [-0.3, -0.25) is 9.48 Å². The number of nitrogens with one attached hydrogen (secondary N) is 1. The summed E-state index contributed by atoms with van der Waals surface area (Å²) >= 11 is 1.30. The topological polar surface area (TPSA) is 106 Å². The van der Waals surface area contributed by atoms with E-state index in [1.807, 2.05) is 13.1 Å². The number of nitrogens with zero attached hydrogens (tertiary/aromatic N) is 3. The van der Waals surface area contributed by atoms with E-state index in [2.05, 4.69) is 15.4 Å².